The molecule has 7 N–H and O–H groups in total. The molecule has 17 nitrogen and oxygen atoms in total. The van der Waals surface area contributed by atoms with Crippen molar-refractivity contribution in [2.24, 2.45) is 5.92 Å². The first-order chi connectivity index (χ1) is 19.1. The predicted octanol–water partition coefficient (Wildman–Crippen LogP) is -0.525. The van der Waals surface area contributed by atoms with Gasteiger partial charge in [0.2, 0.25) is 11.8 Å². The molecule has 0 aliphatic heterocycles. The lowest BCUT2D eigenvalue weighted by atomic mass is 10.1. The van der Waals surface area contributed by atoms with E-state index >= 15 is 0 Å². The summed E-state index contributed by atoms with van der Waals surface area (Å²) in [6.07, 6.45) is -2.37. The van der Waals surface area contributed by atoms with Gasteiger partial charge in [0.1, 0.15) is 6.42 Å². The van der Waals surface area contributed by atoms with Crippen molar-refractivity contribution in [1.29, 1.82) is 5.26 Å². The first-order valence-electron chi connectivity index (χ1n) is 11.7. The summed E-state index contributed by atoms with van der Waals surface area (Å²) in [6, 6.07) is 7.79. The number of para-hydroxylation sites is 1. The second-order valence-corrected chi connectivity index (χ2v) is 8.48. The molecule has 0 bridgehead atoms. The minimum absolute atomic E-state index is 0.00863. The Hall–Kier alpha value is -5.18. The molecule has 1 aromatic carbocycles. The van der Waals surface area contributed by atoms with Crippen LogP contribution in [-0.2, 0) is 16.1 Å². The number of carbonyl (C=O) groups excluding carboxylic acids is 3. The van der Waals surface area contributed by atoms with Gasteiger partial charge in [-0.25, -0.2) is 0 Å². The molecule has 1 aliphatic carbocycles. The monoisotopic (exact) mass is 553 g/mol. The maximum absolute atomic E-state index is 12.6. The molecule has 4 rings (SSSR count). The Balaban J connectivity index is 1.64. The lowest BCUT2D eigenvalue weighted by Gasteiger charge is -2.18. The lowest BCUT2D eigenvalue weighted by molar-refractivity contribution is -0.323. The number of carbonyl (C=O) groups is 3. The Morgan fingerprint density at radius 2 is 1.98 bits per heavy atom. The quantitative estimate of drug-likeness (QED) is 0.147. The van der Waals surface area contributed by atoms with E-state index in [0.29, 0.717) is 5.56 Å². The van der Waals surface area contributed by atoms with Gasteiger partial charge in [-0.3, -0.25) is 19.7 Å². The van der Waals surface area contributed by atoms with Crippen molar-refractivity contribution in [3.63, 3.8) is 0 Å². The van der Waals surface area contributed by atoms with Crippen molar-refractivity contribution in [3.05, 3.63) is 35.8 Å². The molecular weight excluding hydrogens is 530 g/mol. The average molecular weight is 553 g/mol. The fourth-order valence-corrected chi connectivity index (χ4v) is 3.42. The van der Waals surface area contributed by atoms with E-state index in [0.717, 1.165) is 12.8 Å². The highest BCUT2D eigenvalue weighted by molar-refractivity contribution is 6.00. The standard InChI is InChI=1S/C23H23N9O8/c1-39-19-12(22-28-16(32-40-22)10-25-17(33)7-8-24)3-2-4-13(19)26-14-9-15(27-20(34)11-5-6-11)30-31-18(14)21(35)29-23(36,37)38/h2-4,9,11,36-38H,5-7,10H2,1H3,(H,25,33)(H,29,35)(H2,26,27,30,34). The third-order valence-electron chi connectivity index (χ3n) is 5.36. The fourth-order valence-electron chi connectivity index (χ4n) is 3.42. The molecule has 0 saturated heterocycles. The molecule has 2 heterocycles. The van der Waals surface area contributed by atoms with Crippen LogP contribution in [-0.4, -0.2) is 66.6 Å². The van der Waals surface area contributed by atoms with Crippen molar-refractivity contribution < 1.29 is 39.0 Å². The SMILES string of the molecule is COc1c(Nc2cc(NC(=O)C3CC3)nnc2C(=O)NC(O)(O)O)cccc1-c1nc(CNC(=O)CC#N)no1. The number of amides is 3. The summed E-state index contributed by atoms with van der Waals surface area (Å²) in [6.45, 7) is -0.0805. The highest BCUT2D eigenvalue weighted by atomic mass is 16.7. The van der Waals surface area contributed by atoms with E-state index < -0.39 is 23.6 Å². The molecule has 3 aromatic rings. The number of nitriles is 1. The first kappa shape index (κ1) is 27.8. The third-order valence-corrected chi connectivity index (χ3v) is 5.36. The van der Waals surface area contributed by atoms with Crippen LogP contribution in [0.4, 0.5) is 17.2 Å². The summed E-state index contributed by atoms with van der Waals surface area (Å²) in [5.74, 6) is -1.78. The molecule has 0 radical (unpaired) electrons. The van der Waals surface area contributed by atoms with Gasteiger partial charge in [-0.2, -0.15) is 10.2 Å². The number of methoxy groups -OCH3 is 1. The molecular formula is C23H23N9O8. The second kappa shape index (κ2) is 11.7. The molecule has 3 amide bonds. The molecule has 2 aromatic heterocycles. The van der Waals surface area contributed by atoms with Crippen molar-refractivity contribution in [2.45, 2.75) is 31.9 Å². The minimum atomic E-state index is -3.53. The van der Waals surface area contributed by atoms with E-state index in [2.05, 4.69) is 36.3 Å². The zero-order chi connectivity index (χ0) is 28.9. The van der Waals surface area contributed by atoms with Crippen LogP contribution >= 0.6 is 0 Å². The molecule has 0 atom stereocenters. The van der Waals surface area contributed by atoms with Crippen LogP contribution < -0.4 is 26.0 Å². The summed E-state index contributed by atoms with van der Waals surface area (Å²) in [7, 11) is 1.36. The second-order valence-electron chi connectivity index (χ2n) is 8.48. The lowest BCUT2D eigenvalue weighted by Crippen LogP contribution is -2.48. The third kappa shape index (κ3) is 7.02. The smallest absolute Gasteiger partial charge is 0.369 e. The highest BCUT2D eigenvalue weighted by Gasteiger charge is 2.31. The number of nitrogens with zero attached hydrogens (tertiary/aromatic N) is 5. The number of hydrogen-bond acceptors (Lipinski definition) is 14. The Labute approximate surface area is 225 Å². The van der Waals surface area contributed by atoms with Crippen LogP contribution in [0.3, 0.4) is 0 Å². The van der Waals surface area contributed by atoms with Gasteiger partial charge in [0.25, 0.3) is 11.8 Å². The van der Waals surface area contributed by atoms with Gasteiger partial charge in [-0.1, -0.05) is 11.2 Å². The van der Waals surface area contributed by atoms with E-state index in [9.17, 15) is 29.7 Å². The van der Waals surface area contributed by atoms with Crippen molar-refractivity contribution >= 4 is 34.9 Å². The van der Waals surface area contributed by atoms with Gasteiger partial charge in [0.15, 0.2) is 23.1 Å². The van der Waals surface area contributed by atoms with Gasteiger partial charge < -0.3 is 40.5 Å². The zero-order valence-electron chi connectivity index (χ0n) is 20.8. The molecule has 1 aliphatic rings. The maximum Gasteiger partial charge on any atom is 0.369 e. The highest BCUT2D eigenvalue weighted by Crippen LogP contribution is 2.38. The number of aromatic nitrogens is 4. The van der Waals surface area contributed by atoms with Crippen molar-refractivity contribution in [3.8, 4) is 23.3 Å². The summed E-state index contributed by atoms with van der Waals surface area (Å²) in [5.41, 5.74) is 0.0631. The number of anilines is 3. The molecule has 1 saturated carbocycles. The van der Waals surface area contributed by atoms with Gasteiger partial charge in [0, 0.05) is 12.0 Å². The number of rotatable bonds is 11. The van der Waals surface area contributed by atoms with Crippen LogP contribution in [0.5, 0.6) is 5.75 Å². The summed E-state index contributed by atoms with van der Waals surface area (Å²) >= 11 is 0. The topological polar surface area (TPSA) is 258 Å². The van der Waals surface area contributed by atoms with Crippen molar-refractivity contribution in [2.75, 3.05) is 17.7 Å². The Morgan fingerprint density at radius 3 is 2.65 bits per heavy atom. The Kier molecular flexibility index (Phi) is 8.14. The molecule has 1 fully saturated rings. The van der Waals surface area contributed by atoms with Crippen LogP contribution in [0.2, 0.25) is 0 Å². The van der Waals surface area contributed by atoms with Crippen LogP contribution in [0.1, 0.15) is 35.6 Å². The van der Waals surface area contributed by atoms with E-state index in [-0.39, 0.29) is 59.4 Å². The predicted molar refractivity (Wildman–Crippen MR) is 132 cm³/mol. The van der Waals surface area contributed by atoms with E-state index in [1.54, 1.807) is 24.3 Å². The Morgan fingerprint density at radius 1 is 1.20 bits per heavy atom. The molecule has 0 unspecified atom stereocenters. The molecule has 17 heteroatoms. The summed E-state index contributed by atoms with van der Waals surface area (Å²) in [5, 5.41) is 57.0. The fraction of sp³-hybridized carbons (Fsp3) is 0.304. The number of nitrogens with one attached hydrogen (secondary N) is 4. The first-order valence-corrected chi connectivity index (χ1v) is 11.7. The summed E-state index contributed by atoms with van der Waals surface area (Å²) < 4.78 is 10.8. The number of benzene rings is 1. The average Bonchev–Trinajstić information content (AvgIpc) is 3.64. The van der Waals surface area contributed by atoms with Gasteiger partial charge in [-0.15, -0.1) is 10.2 Å². The molecule has 40 heavy (non-hydrogen) atoms. The van der Waals surface area contributed by atoms with E-state index in [1.165, 1.54) is 18.5 Å². The summed E-state index contributed by atoms with van der Waals surface area (Å²) in [4.78, 5) is 40.6. The zero-order valence-corrected chi connectivity index (χ0v) is 20.8. The maximum atomic E-state index is 12.6. The van der Waals surface area contributed by atoms with Gasteiger partial charge in [0.05, 0.1) is 36.7 Å². The molecule has 208 valence electrons. The van der Waals surface area contributed by atoms with Crippen LogP contribution in [0.25, 0.3) is 11.5 Å². The molecule has 0 spiro atoms. The number of ether oxygens (including phenoxy) is 1. The van der Waals surface area contributed by atoms with Gasteiger partial charge in [-0.05, 0) is 25.0 Å². The minimum Gasteiger partial charge on any atom is -0.494 e. The van der Waals surface area contributed by atoms with Crippen LogP contribution in [0.15, 0.2) is 28.8 Å². The number of hydrogen-bond donors (Lipinski definition) is 7. The van der Waals surface area contributed by atoms with Gasteiger partial charge >= 0.3 is 6.10 Å². The van der Waals surface area contributed by atoms with Crippen LogP contribution in [0, 0.1) is 17.2 Å². The van der Waals surface area contributed by atoms with E-state index in [1.807, 2.05) is 0 Å². The van der Waals surface area contributed by atoms with E-state index in [4.69, 9.17) is 14.5 Å². The normalized spacial score (nSPS) is 12.7. The number of aliphatic hydroxyl groups is 3. The largest absolute Gasteiger partial charge is 0.494 e. The van der Waals surface area contributed by atoms with Crippen molar-refractivity contribution in [1.82, 2.24) is 31.0 Å². The Bertz CT molecular complexity index is 1470.